The highest BCUT2D eigenvalue weighted by atomic mass is 35.5. The molecule has 3 aromatic carbocycles. The summed E-state index contributed by atoms with van der Waals surface area (Å²) in [5.41, 5.74) is 2.78. The normalized spacial score (nSPS) is 13.4. The number of ether oxygens (including phenoxy) is 1. The topological polar surface area (TPSA) is 59.3 Å². The van der Waals surface area contributed by atoms with Crippen LogP contribution < -0.4 is 10.1 Å². The molecular formula is C29H29Cl2N3O2. The molecule has 0 amide bonds. The lowest BCUT2D eigenvalue weighted by Gasteiger charge is -2.30. The van der Waals surface area contributed by atoms with Gasteiger partial charge in [0.05, 0.1) is 12.9 Å². The summed E-state index contributed by atoms with van der Waals surface area (Å²) >= 11 is 12.5. The van der Waals surface area contributed by atoms with Crippen molar-refractivity contribution in [1.82, 2.24) is 14.9 Å². The molecule has 0 saturated carbocycles. The first-order valence-electron chi connectivity index (χ1n) is 11.7. The molecule has 0 aliphatic rings. The van der Waals surface area contributed by atoms with Gasteiger partial charge in [0.15, 0.2) is 0 Å². The number of rotatable bonds is 11. The van der Waals surface area contributed by atoms with Crippen LogP contribution >= 0.6 is 23.2 Å². The lowest BCUT2D eigenvalue weighted by Crippen LogP contribution is -2.38. The number of imidazole rings is 1. The summed E-state index contributed by atoms with van der Waals surface area (Å²) in [6.45, 7) is 3.88. The quantitative estimate of drug-likeness (QED) is 0.226. The fraction of sp³-hybridized carbons (Fsp3) is 0.207. The third kappa shape index (κ3) is 6.99. The van der Waals surface area contributed by atoms with E-state index in [2.05, 4.69) is 35.4 Å². The zero-order chi connectivity index (χ0) is 25.4. The van der Waals surface area contributed by atoms with Crippen molar-refractivity contribution in [2.45, 2.75) is 25.6 Å². The number of nitrogens with one attached hydrogen (secondary N) is 1. The Bertz CT molecular complexity index is 1280. The summed E-state index contributed by atoms with van der Waals surface area (Å²) in [6.07, 6.45) is 7.28. The van der Waals surface area contributed by atoms with E-state index in [0.717, 1.165) is 18.7 Å². The maximum atomic E-state index is 11.6. The smallest absolute Gasteiger partial charge is 0.143 e. The number of hydrogen-bond acceptors (Lipinski definition) is 4. The van der Waals surface area contributed by atoms with E-state index in [-0.39, 0.29) is 13.2 Å². The second kappa shape index (κ2) is 12.2. The summed E-state index contributed by atoms with van der Waals surface area (Å²) in [5.74, 6) is 0.660. The number of halogens is 2. The molecule has 0 aliphatic heterocycles. The van der Waals surface area contributed by atoms with Crippen LogP contribution in [0.2, 0.25) is 10.0 Å². The zero-order valence-electron chi connectivity index (χ0n) is 20.1. The number of nitrogens with zero attached hydrogens (tertiary/aromatic N) is 2. The second-order valence-electron chi connectivity index (χ2n) is 8.71. The molecule has 1 heterocycles. The van der Waals surface area contributed by atoms with Crippen LogP contribution in [0.3, 0.4) is 0 Å². The Labute approximate surface area is 222 Å². The van der Waals surface area contributed by atoms with Gasteiger partial charge in [0.2, 0.25) is 0 Å². The van der Waals surface area contributed by atoms with Gasteiger partial charge in [-0.1, -0.05) is 77.8 Å². The third-order valence-corrected chi connectivity index (χ3v) is 6.50. The van der Waals surface area contributed by atoms with E-state index in [1.807, 2.05) is 42.5 Å². The molecule has 36 heavy (non-hydrogen) atoms. The number of aromatic nitrogens is 2. The van der Waals surface area contributed by atoms with Gasteiger partial charge in [0.25, 0.3) is 0 Å². The highest BCUT2D eigenvalue weighted by Crippen LogP contribution is 2.33. The number of hydrogen-bond donors (Lipinski definition) is 2. The lowest BCUT2D eigenvalue weighted by molar-refractivity contribution is -0.0242. The number of allylic oxidation sites excluding steroid dienone is 1. The molecule has 4 aromatic rings. The molecule has 1 aromatic heterocycles. The molecule has 1 unspecified atom stereocenters. The maximum absolute atomic E-state index is 11.6. The van der Waals surface area contributed by atoms with Crippen LogP contribution in [-0.4, -0.2) is 27.8 Å². The fourth-order valence-corrected chi connectivity index (χ4v) is 4.51. The van der Waals surface area contributed by atoms with Crippen LogP contribution in [0.4, 0.5) is 0 Å². The largest absolute Gasteiger partial charge is 0.490 e. The molecular weight excluding hydrogens is 493 g/mol. The van der Waals surface area contributed by atoms with Crippen LogP contribution in [0.1, 0.15) is 23.6 Å². The highest BCUT2D eigenvalue weighted by Gasteiger charge is 2.33. The fourth-order valence-electron chi connectivity index (χ4n) is 3.92. The van der Waals surface area contributed by atoms with Gasteiger partial charge in [0, 0.05) is 41.1 Å². The van der Waals surface area contributed by atoms with E-state index in [1.54, 1.807) is 41.5 Å². The van der Waals surface area contributed by atoms with E-state index >= 15 is 0 Å². The molecule has 186 valence electrons. The molecule has 0 spiro atoms. The van der Waals surface area contributed by atoms with Crippen molar-refractivity contribution in [3.63, 3.8) is 0 Å². The standard InChI is InChI=1S/C29H29Cl2N3O2/c1-22(24-5-3-2-4-6-24)13-14-32-18-23-7-10-26(11-8-23)36-20-29(35,19-34-16-15-33-21-34)27-12-9-25(30)17-28(27)31/h2-13,15-17,21,32,35H,14,18-20H2,1H3/b22-13+. The maximum Gasteiger partial charge on any atom is 0.143 e. The lowest BCUT2D eigenvalue weighted by atomic mass is 9.94. The highest BCUT2D eigenvalue weighted by molar-refractivity contribution is 6.35. The van der Waals surface area contributed by atoms with E-state index < -0.39 is 5.60 Å². The number of aliphatic hydroxyl groups is 1. The van der Waals surface area contributed by atoms with E-state index in [9.17, 15) is 5.11 Å². The minimum atomic E-state index is -1.38. The summed E-state index contributed by atoms with van der Waals surface area (Å²) in [5, 5.41) is 15.9. The van der Waals surface area contributed by atoms with Gasteiger partial charge in [-0.15, -0.1) is 0 Å². The van der Waals surface area contributed by atoms with Gasteiger partial charge in [0.1, 0.15) is 18.0 Å². The van der Waals surface area contributed by atoms with Crippen molar-refractivity contribution >= 4 is 28.8 Å². The third-order valence-electron chi connectivity index (χ3n) is 5.95. The second-order valence-corrected chi connectivity index (χ2v) is 9.55. The van der Waals surface area contributed by atoms with Gasteiger partial charge in [-0.05, 0) is 47.9 Å². The monoisotopic (exact) mass is 521 g/mol. The summed E-state index contributed by atoms with van der Waals surface area (Å²) in [7, 11) is 0. The predicted molar refractivity (Wildman–Crippen MR) is 146 cm³/mol. The van der Waals surface area contributed by atoms with Crippen molar-refractivity contribution < 1.29 is 9.84 Å². The van der Waals surface area contributed by atoms with Crippen molar-refractivity contribution in [3.8, 4) is 5.75 Å². The molecule has 0 aliphatic carbocycles. The molecule has 2 N–H and O–H groups in total. The molecule has 0 radical (unpaired) electrons. The average Bonchev–Trinajstić information content (AvgIpc) is 3.39. The van der Waals surface area contributed by atoms with Crippen molar-refractivity contribution in [2.24, 2.45) is 0 Å². The Hall–Kier alpha value is -3.09. The first-order chi connectivity index (χ1) is 17.4. The summed E-state index contributed by atoms with van der Waals surface area (Å²) in [6, 6.07) is 23.2. The van der Waals surface area contributed by atoms with Gasteiger partial charge >= 0.3 is 0 Å². The van der Waals surface area contributed by atoms with Gasteiger partial charge in [-0.2, -0.15) is 0 Å². The Morgan fingerprint density at radius 1 is 1.08 bits per heavy atom. The van der Waals surface area contributed by atoms with Crippen molar-refractivity contribution in [1.29, 1.82) is 0 Å². The van der Waals surface area contributed by atoms with Crippen LogP contribution in [0.15, 0.2) is 97.6 Å². The molecule has 1 atom stereocenters. The minimum Gasteiger partial charge on any atom is -0.490 e. The van der Waals surface area contributed by atoms with Gasteiger partial charge in [-0.25, -0.2) is 4.98 Å². The molecule has 0 saturated heterocycles. The van der Waals surface area contributed by atoms with Gasteiger partial charge in [-0.3, -0.25) is 0 Å². The Morgan fingerprint density at radius 2 is 1.86 bits per heavy atom. The molecule has 0 fully saturated rings. The van der Waals surface area contributed by atoms with Gasteiger partial charge < -0.3 is 19.7 Å². The molecule has 0 bridgehead atoms. The first-order valence-corrected chi connectivity index (χ1v) is 12.5. The average molecular weight is 522 g/mol. The van der Waals surface area contributed by atoms with E-state index in [4.69, 9.17) is 27.9 Å². The zero-order valence-corrected chi connectivity index (χ0v) is 21.6. The van der Waals surface area contributed by atoms with Crippen molar-refractivity contribution in [3.05, 3.63) is 124 Å². The summed E-state index contributed by atoms with van der Waals surface area (Å²) < 4.78 is 7.80. The Kier molecular flexibility index (Phi) is 8.83. The number of benzene rings is 3. The first kappa shape index (κ1) is 26.0. The van der Waals surface area contributed by atoms with Crippen LogP contribution in [0, 0.1) is 0 Å². The van der Waals surface area contributed by atoms with E-state index in [0.29, 0.717) is 21.4 Å². The van der Waals surface area contributed by atoms with Crippen LogP contribution in [0.5, 0.6) is 5.75 Å². The Morgan fingerprint density at radius 3 is 2.56 bits per heavy atom. The summed E-state index contributed by atoms with van der Waals surface area (Å²) in [4.78, 5) is 4.07. The van der Waals surface area contributed by atoms with E-state index in [1.165, 1.54) is 11.1 Å². The SMILES string of the molecule is C/C(=C\CNCc1ccc(OCC(O)(Cn2ccnc2)c2ccc(Cl)cc2Cl)cc1)c1ccccc1. The van der Waals surface area contributed by atoms with Crippen LogP contribution in [-0.2, 0) is 18.7 Å². The predicted octanol–water partition coefficient (Wildman–Crippen LogP) is 6.35. The van der Waals surface area contributed by atoms with Crippen LogP contribution in [0.25, 0.3) is 5.57 Å². The molecule has 5 nitrogen and oxygen atoms in total. The Balaban J connectivity index is 1.36. The van der Waals surface area contributed by atoms with Crippen molar-refractivity contribution in [2.75, 3.05) is 13.2 Å². The molecule has 7 heteroatoms. The molecule has 4 rings (SSSR count). The minimum absolute atomic E-state index is 0.00763.